The van der Waals surface area contributed by atoms with Gasteiger partial charge in [-0.3, -0.25) is 14.4 Å². The lowest BCUT2D eigenvalue weighted by molar-refractivity contribution is -0.114. The van der Waals surface area contributed by atoms with Gasteiger partial charge >= 0.3 is 12.6 Å². The molecule has 1 N–H and O–H groups in total. The number of alkyl halides is 2. The van der Waals surface area contributed by atoms with E-state index in [1.807, 2.05) is 0 Å². The predicted molar refractivity (Wildman–Crippen MR) is 121 cm³/mol. The summed E-state index contributed by atoms with van der Waals surface area (Å²) in [5, 5.41) is 2.60. The number of carbonyl (C=O) groups is 4. The Bertz CT molecular complexity index is 1310. The van der Waals surface area contributed by atoms with E-state index in [0.29, 0.717) is 16.9 Å². The van der Waals surface area contributed by atoms with Crippen LogP contribution in [0.5, 0.6) is 5.75 Å². The molecule has 0 fully saturated rings. The van der Waals surface area contributed by atoms with Gasteiger partial charge in [-0.25, -0.2) is 9.69 Å². The topological polar surface area (TPSA) is 102 Å². The van der Waals surface area contributed by atoms with E-state index >= 15 is 0 Å². The number of anilines is 2. The summed E-state index contributed by atoms with van der Waals surface area (Å²) in [7, 11) is 0. The van der Waals surface area contributed by atoms with Gasteiger partial charge in [-0.05, 0) is 60.2 Å². The second-order valence-corrected chi connectivity index (χ2v) is 7.53. The lowest BCUT2D eigenvalue weighted by Gasteiger charge is -2.14. The van der Waals surface area contributed by atoms with Crippen molar-refractivity contribution in [1.82, 2.24) is 0 Å². The fraction of sp³-hybridized carbons (Fsp3) is 0.120. The van der Waals surface area contributed by atoms with Crippen LogP contribution in [-0.2, 0) is 16.1 Å². The molecule has 1 aliphatic heterocycles. The summed E-state index contributed by atoms with van der Waals surface area (Å²) in [6.07, 6.45) is 0. The van der Waals surface area contributed by atoms with Crippen molar-refractivity contribution in [2.24, 2.45) is 0 Å². The number of amides is 3. The van der Waals surface area contributed by atoms with Crippen molar-refractivity contribution in [2.45, 2.75) is 20.1 Å². The molecule has 10 heteroatoms. The van der Waals surface area contributed by atoms with Crippen molar-refractivity contribution in [2.75, 3.05) is 10.2 Å². The summed E-state index contributed by atoms with van der Waals surface area (Å²) in [6, 6.07) is 15.9. The summed E-state index contributed by atoms with van der Waals surface area (Å²) >= 11 is 0. The molecule has 0 aliphatic carbocycles. The van der Waals surface area contributed by atoms with E-state index in [2.05, 4.69) is 10.1 Å². The van der Waals surface area contributed by atoms with Crippen molar-refractivity contribution in [1.29, 1.82) is 0 Å². The first-order chi connectivity index (χ1) is 16.7. The molecular formula is C25H18F2N2O6. The fourth-order valence-electron chi connectivity index (χ4n) is 3.50. The number of esters is 1. The van der Waals surface area contributed by atoms with Gasteiger partial charge in [-0.2, -0.15) is 8.78 Å². The first-order valence-corrected chi connectivity index (χ1v) is 10.3. The van der Waals surface area contributed by atoms with Gasteiger partial charge < -0.3 is 14.8 Å². The average molecular weight is 480 g/mol. The number of hydrogen-bond donors (Lipinski definition) is 1. The zero-order valence-corrected chi connectivity index (χ0v) is 18.3. The number of hydrogen-bond acceptors (Lipinski definition) is 6. The number of rotatable bonds is 7. The third-order valence-electron chi connectivity index (χ3n) is 5.09. The molecule has 0 saturated carbocycles. The summed E-state index contributed by atoms with van der Waals surface area (Å²) in [4.78, 5) is 50.4. The Morgan fingerprint density at radius 1 is 0.914 bits per heavy atom. The van der Waals surface area contributed by atoms with Gasteiger partial charge in [0.2, 0.25) is 5.91 Å². The molecule has 1 aliphatic rings. The molecule has 0 radical (unpaired) electrons. The Labute approximate surface area is 198 Å². The number of benzene rings is 3. The largest absolute Gasteiger partial charge is 0.457 e. The van der Waals surface area contributed by atoms with Crippen molar-refractivity contribution < 1.29 is 37.4 Å². The monoisotopic (exact) mass is 480 g/mol. The maximum atomic E-state index is 13.0. The average Bonchev–Trinajstić information content (AvgIpc) is 3.07. The van der Waals surface area contributed by atoms with E-state index in [0.717, 1.165) is 4.90 Å². The Morgan fingerprint density at radius 2 is 1.57 bits per heavy atom. The molecular weight excluding hydrogens is 462 g/mol. The fourth-order valence-corrected chi connectivity index (χ4v) is 3.50. The van der Waals surface area contributed by atoms with Gasteiger partial charge in [0, 0.05) is 12.6 Å². The Kier molecular flexibility index (Phi) is 6.54. The zero-order valence-electron chi connectivity index (χ0n) is 18.3. The van der Waals surface area contributed by atoms with Gasteiger partial charge in [0.15, 0.2) is 0 Å². The Morgan fingerprint density at radius 3 is 2.20 bits per heavy atom. The lowest BCUT2D eigenvalue weighted by Crippen LogP contribution is -2.29. The van der Waals surface area contributed by atoms with Crippen LogP contribution in [0, 0.1) is 0 Å². The normalized spacial score (nSPS) is 12.5. The quantitative estimate of drug-likeness (QED) is 0.397. The van der Waals surface area contributed by atoms with Gasteiger partial charge in [0.05, 0.1) is 22.4 Å². The Hall–Kier alpha value is -4.60. The third kappa shape index (κ3) is 5.16. The maximum absolute atomic E-state index is 13.0. The van der Waals surface area contributed by atoms with E-state index in [-0.39, 0.29) is 35.0 Å². The van der Waals surface area contributed by atoms with E-state index < -0.39 is 24.4 Å². The van der Waals surface area contributed by atoms with E-state index in [1.54, 1.807) is 12.1 Å². The summed E-state index contributed by atoms with van der Waals surface area (Å²) < 4.78 is 34.0. The van der Waals surface area contributed by atoms with Gasteiger partial charge in [0.1, 0.15) is 12.4 Å². The predicted octanol–water partition coefficient (Wildman–Crippen LogP) is 4.40. The molecule has 4 rings (SSSR count). The second-order valence-electron chi connectivity index (χ2n) is 7.53. The highest BCUT2D eigenvalue weighted by atomic mass is 19.3. The van der Waals surface area contributed by atoms with E-state index in [1.165, 1.54) is 61.5 Å². The van der Waals surface area contributed by atoms with E-state index in [4.69, 9.17) is 4.74 Å². The molecule has 3 aromatic rings. The molecule has 0 spiro atoms. The molecule has 0 saturated heterocycles. The van der Waals surface area contributed by atoms with Crippen LogP contribution in [0.15, 0.2) is 66.7 Å². The molecule has 8 nitrogen and oxygen atoms in total. The number of fused-ring (bicyclic) bond motifs is 1. The van der Waals surface area contributed by atoms with Gasteiger partial charge in [0.25, 0.3) is 11.8 Å². The summed E-state index contributed by atoms with van der Waals surface area (Å²) in [5.74, 6) is -2.13. The highest BCUT2D eigenvalue weighted by Gasteiger charge is 2.37. The highest BCUT2D eigenvalue weighted by Crippen LogP contribution is 2.30. The van der Waals surface area contributed by atoms with Crippen LogP contribution in [0.2, 0.25) is 0 Å². The van der Waals surface area contributed by atoms with Crippen LogP contribution < -0.4 is 15.0 Å². The van der Waals surface area contributed by atoms with Crippen molar-refractivity contribution in [3.63, 3.8) is 0 Å². The Balaban J connectivity index is 1.45. The minimum Gasteiger partial charge on any atom is -0.457 e. The van der Waals surface area contributed by atoms with E-state index in [9.17, 15) is 28.0 Å². The zero-order chi connectivity index (χ0) is 25.1. The van der Waals surface area contributed by atoms with Crippen LogP contribution in [0.4, 0.5) is 20.2 Å². The molecule has 3 amide bonds. The van der Waals surface area contributed by atoms with Crippen LogP contribution in [0.25, 0.3) is 0 Å². The van der Waals surface area contributed by atoms with Gasteiger partial charge in [-0.1, -0.05) is 12.1 Å². The standard InChI is InChI=1S/C25H18F2N2O6/c1-14(30)28-17-5-7-18(8-6-17)29-22(31)20-11-4-16(12-21(20)23(29)32)24(33)34-13-15-2-9-19(10-3-15)35-25(26)27/h2-12,25H,13H2,1H3,(H,28,30). The molecule has 1 heterocycles. The number of halogens is 2. The third-order valence-corrected chi connectivity index (χ3v) is 5.09. The first kappa shape index (κ1) is 23.6. The molecule has 0 aromatic heterocycles. The smallest absolute Gasteiger partial charge is 0.387 e. The van der Waals surface area contributed by atoms with Crippen molar-refractivity contribution in [3.05, 3.63) is 89.0 Å². The SMILES string of the molecule is CC(=O)Nc1ccc(N2C(=O)c3ccc(C(=O)OCc4ccc(OC(F)F)cc4)cc3C2=O)cc1. The van der Waals surface area contributed by atoms with Crippen LogP contribution in [0.1, 0.15) is 43.6 Å². The first-order valence-electron chi connectivity index (χ1n) is 10.3. The van der Waals surface area contributed by atoms with Crippen molar-refractivity contribution in [3.8, 4) is 5.75 Å². The maximum Gasteiger partial charge on any atom is 0.387 e. The van der Waals surface area contributed by atoms with Gasteiger partial charge in [-0.15, -0.1) is 0 Å². The molecule has 0 bridgehead atoms. The number of imide groups is 1. The minimum atomic E-state index is -2.94. The molecule has 0 atom stereocenters. The van der Waals surface area contributed by atoms with Crippen LogP contribution in [-0.4, -0.2) is 30.3 Å². The molecule has 35 heavy (non-hydrogen) atoms. The summed E-state index contributed by atoms with van der Waals surface area (Å²) in [6.45, 7) is -1.71. The highest BCUT2D eigenvalue weighted by molar-refractivity contribution is 6.34. The van der Waals surface area contributed by atoms with Crippen LogP contribution >= 0.6 is 0 Å². The summed E-state index contributed by atoms with van der Waals surface area (Å²) in [5.41, 5.74) is 1.65. The number of nitrogens with zero attached hydrogens (tertiary/aromatic N) is 1. The minimum absolute atomic E-state index is 0.0220. The van der Waals surface area contributed by atoms with Crippen molar-refractivity contribution >= 4 is 35.1 Å². The van der Waals surface area contributed by atoms with Crippen LogP contribution in [0.3, 0.4) is 0 Å². The number of ether oxygens (including phenoxy) is 2. The molecule has 0 unspecified atom stereocenters. The second kappa shape index (κ2) is 9.72. The molecule has 3 aromatic carbocycles. The lowest BCUT2D eigenvalue weighted by atomic mass is 10.1. The number of carbonyl (C=O) groups excluding carboxylic acids is 4. The number of nitrogens with one attached hydrogen (secondary N) is 1. The molecule has 178 valence electrons.